The highest BCUT2D eigenvalue weighted by Gasteiger charge is 2.17. The van der Waals surface area contributed by atoms with E-state index in [4.69, 9.17) is 4.52 Å². The molecule has 5 nitrogen and oxygen atoms in total. The minimum Gasteiger partial charge on any atom is -0.359 e. The maximum atomic E-state index is 13.7. The van der Waals surface area contributed by atoms with E-state index >= 15 is 0 Å². The van der Waals surface area contributed by atoms with Crippen molar-refractivity contribution in [2.45, 2.75) is 20.4 Å². The van der Waals surface area contributed by atoms with Gasteiger partial charge in [0.2, 0.25) is 0 Å². The van der Waals surface area contributed by atoms with Crippen molar-refractivity contribution in [3.63, 3.8) is 0 Å². The van der Waals surface area contributed by atoms with E-state index < -0.39 is 0 Å². The van der Waals surface area contributed by atoms with Gasteiger partial charge in [-0.25, -0.2) is 4.39 Å². The molecule has 0 amide bonds. The molecular formula is C17H21FN4O. The normalized spacial score (nSPS) is 16.4. The van der Waals surface area contributed by atoms with E-state index in [1.165, 1.54) is 6.07 Å². The number of rotatable bonds is 4. The number of hydrogen-bond donors (Lipinski definition) is 0. The standard InChI is InChI=1S/C17H21FN4O/c1-3-19-22-8-6-21(7-9-22)12-15-11-17(20-23-15)14-5-4-13(2)16(18)10-14/h3-5,10-11H,6-9,12H2,1-2H3/b19-3-. The second kappa shape index (κ2) is 6.91. The van der Waals surface area contributed by atoms with Crippen LogP contribution in [0.25, 0.3) is 11.3 Å². The fourth-order valence-corrected chi connectivity index (χ4v) is 2.67. The molecule has 0 aliphatic carbocycles. The summed E-state index contributed by atoms with van der Waals surface area (Å²) in [6.45, 7) is 8.08. The smallest absolute Gasteiger partial charge is 0.151 e. The van der Waals surface area contributed by atoms with Crippen LogP contribution in [-0.2, 0) is 6.54 Å². The summed E-state index contributed by atoms with van der Waals surface area (Å²) in [5.41, 5.74) is 2.04. The number of nitrogens with zero attached hydrogens (tertiary/aromatic N) is 4. The Morgan fingerprint density at radius 1 is 1.26 bits per heavy atom. The van der Waals surface area contributed by atoms with E-state index in [1.54, 1.807) is 13.0 Å². The van der Waals surface area contributed by atoms with Gasteiger partial charge in [0.25, 0.3) is 0 Å². The van der Waals surface area contributed by atoms with Gasteiger partial charge >= 0.3 is 0 Å². The molecule has 2 aromatic rings. The van der Waals surface area contributed by atoms with Crippen LogP contribution in [0.15, 0.2) is 33.9 Å². The third-order valence-corrected chi connectivity index (χ3v) is 4.03. The van der Waals surface area contributed by atoms with E-state index in [2.05, 4.69) is 20.2 Å². The number of halogens is 1. The maximum Gasteiger partial charge on any atom is 0.151 e. The minimum atomic E-state index is -0.223. The molecule has 3 rings (SSSR count). The van der Waals surface area contributed by atoms with Gasteiger partial charge in [-0.3, -0.25) is 9.91 Å². The first-order valence-electron chi connectivity index (χ1n) is 7.83. The molecule has 6 heteroatoms. The molecular weight excluding hydrogens is 295 g/mol. The van der Waals surface area contributed by atoms with Crippen LogP contribution >= 0.6 is 0 Å². The maximum absolute atomic E-state index is 13.7. The van der Waals surface area contributed by atoms with Crippen molar-refractivity contribution in [2.75, 3.05) is 26.2 Å². The average molecular weight is 316 g/mol. The first-order chi connectivity index (χ1) is 11.2. The Labute approximate surface area is 135 Å². The molecule has 1 fully saturated rings. The topological polar surface area (TPSA) is 44.9 Å². The molecule has 0 spiro atoms. The predicted molar refractivity (Wildman–Crippen MR) is 87.7 cm³/mol. The minimum absolute atomic E-state index is 0.223. The molecule has 1 aliphatic heterocycles. The summed E-state index contributed by atoms with van der Waals surface area (Å²) in [5, 5.41) is 10.4. The Morgan fingerprint density at radius 3 is 2.74 bits per heavy atom. The molecule has 1 saturated heterocycles. The Morgan fingerprint density at radius 2 is 2.04 bits per heavy atom. The molecule has 1 aliphatic rings. The van der Waals surface area contributed by atoms with Gasteiger partial charge in [-0.2, -0.15) is 5.10 Å². The predicted octanol–water partition coefficient (Wildman–Crippen LogP) is 2.91. The molecule has 0 atom stereocenters. The lowest BCUT2D eigenvalue weighted by atomic mass is 10.1. The second-order valence-electron chi connectivity index (χ2n) is 5.75. The Hall–Kier alpha value is -2.21. The fourth-order valence-electron chi connectivity index (χ4n) is 2.67. The number of hydrogen-bond acceptors (Lipinski definition) is 5. The summed E-state index contributed by atoms with van der Waals surface area (Å²) in [5.74, 6) is 0.577. The fraction of sp³-hybridized carbons (Fsp3) is 0.412. The second-order valence-corrected chi connectivity index (χ2v) is 5.75. The molecule has 0 bridgehead atoms. The number of hydrazone groups is 1. The Bertz CT molecular complexity index is 690. The summed E-state index contributed by atoms with van der Waals surface area (Å²) in [7, 11) is 0. The zero-order chi connectivity index (χ0) is 16.2. The molecule has 23 heavy (non-hydrogen) atoms. The van der Waals surface area contributed by atoms with Crippen LogP contribution in [0, 0.1) is 12.7 Å². The average Bonchev–Trinajstić information content (AvgIpc) is 3.01. The van der Waals surface area contributed by atoms with Crippen molar-refractivity contribution in [2.24, 2.45) is 5.10 Å². The van der Waals surface area contributed by atoms with E-state index in [9.17, 15) is 4.39 Å². The van der Waals surface area contributed by atoms with E-state index in [0.29, 0.717) is 17.8 Å². The monoisotopic (exact) mass is 316 g/mol. The Kier molecular flexibility index (Phi) is 4.71. The highest BCUT2D eigenvalue weighted by Crippen LogP contribution is 2.22. The lowest BCUT2D eigenvalue weighted by Crippen LogP contribution is -2.43. The molecule has 122 valence electrons. The molecule has 0 N–H and O–H groups in total. The number of piperazine rings is 1. The van der Waals surface area contributed by atoms with Gasteiger partial charge in [-0.05, 0) is 25.5 Å². The van der Waals surface area contributed by atoms with Crippen LogP contribution in [-0.4, -0.2) is 47.5 Å². The summed E-state index contributed by atoms with van der Waals surface area (Å²) in [4.78, 5) is 2.31. The highest BCUT2D eigenvalue weighted by atomic mass is 19.1. The van der Waals surface area contributed by atoms with Crippen LogP contribution in [0.5, 0.6) is 0 Å². The number of aryl methyl sites for hydroxylation is 1. The van der Waals surface area contributed by atoms with E-state index in [1.807, 2.05) is 25.3 Å². The van der Waals surface area contributed by atoms with E-state index in [-0.39, 0.29) is 5.82 Å². The van der Waals surface area contributed by atoms with Gasteiger partial charge in [0, 0.05) is 44.0 Å². The van der Waals surface area contributed by atoms with Crippen LogP contribution < -0.4 is 0 Å². The highest BCUT2D eigenvalue weighted by molar-refractivity contribution is 5.59. The van der Waals surface area contributed by atoms with Crippen molar-refractivity contribution in [1.29, 1.82) is 0 Å². The zero-order valence-electron chi connectivity index (χ0n) is 13.5. The first-order valence-corrected chi connectivity index (χ1v) is 7.83. The van der Waals surface area contributed by atoms with Crippen molar-refractivity contribution < 1.29 is 8.91 Å². The molecule has 1 aromatic carbocycles. The molecule has 1 aromatic heterocycles. The number of aromatic nitrogens is 1. The van der Waals surface area contributed by atoms with Gasteiger partial charge in [-0.15, -0.1) is 0 Å². The summed E-state index contributed by atoms with van der Waals surface area (Å²) >= 11 is 0. The lowest BCUT2D eigenvalue weighted by molar-refractivity contribution is 0.122. The number of benzene rings is 1. The molecule has 0 saturated carbocycles. The SMILES string of the molecule is C/C=N\N1CCN(Cc2cc(-c3ccc(C)c(F)c3)no2)CC1. The van der Waals surface area contributed by atoms with Crippen molar-refractivity contribution >= 4 is 6.21 Å². The zero-order valence-corrected chi connectivity index (χ0v) is 13.5. The van der Waals surface area contributed by atoms with Crippen molar-refractivity contribution in [3.8, 4) is 11.3 Å². The summed E-state index contributed by atoms with van der Waals surface area (Å²) in [6, 6.07) is 7.01. The summed E-state index contributed by atoms with van der Waals surface area (Å²) in [6.07, 6.45) is 1.82. The quantitative estimate of drug-likeness (QED) is 0.814. The first kappa shape index (κ1) is 15.7. The van der Waals surface area contributed by atoms with Crippen molar-refractivity contribution in [3.05, 3.63) is 41.4 Å². The molecule has 0 unspecified atom stereocenters. The third kappa shape index (κ3) is 3.76. The van der Waals surface area contributed by atoms with Gasteiger partial charge in [0.05, 0.1) is 6.54 Å². The van der Waals surface area contributed by atoms with Gasteiger partial charge in [0.1, 0.15) is 11.5 Å². The van der Waals surface area contributed by atoms with Crippen LogP contribution in [0.1, 0.15) is 18.2 Å². The van der Waals surface area contributed by atoms with Crippen LogP contribution in [0.2, 0.25) is 0 Å². The Balaban J connectivity index is 1.62. The van der Waals surface area contributed by atoms with Gasteiger partial charge in [-0.1, -0.05) is 17.3 Å². The van der Waals surface area contributed by atoms with Crippen LogP contribution in [0.3, 0.4) is 0 Å². The largest absolute Gasteiger partial charge is 0.359 e. The van der Waals surface area contributed by atoms with Gasteiger partial charge < -0.3 is 4.52 Å². The lowest BCUT2D eigenvalue weighted by Gasteiger charge is -2.32. The third-order valence-electron chi connectivity index (χ3n) is 4.03. The molecule has 0 radical (unpaired) electrons. The summed E-state index contributed by atoms with van der Waals surface area (Å²) < 4.78 is 19.1. The van der Waals surface area contributed by atoms with Gasteiger partial charge in [0.15, 0.2) is 5.76 Å². The molecule has 2 heterocycles. The van der Waals surface area contributed by atoms with Crippen molar-refractivity contribution in [1.82, 2.24) is 15.1 Å². The van der Waals surface area contributed by atoms with E-state index in [0.717, 1.165) is 37.5 Å². The van der Waals surface area contributed by atoms with Crippen LogP contribution in [0.4, 0.5) is 4.39 Å².